The van der Waals surface area contributed by atoms with E-state index in [2.05, 4.69) is 93.7 Å². The topological polar surface area (TPSA) is 61.8 Å². The fraction of sp³-hybridized carbons (Fsp3) is 0.778. The van der Waals surface area contributed by atoms with E-state index in [1.54, 1.807) is 0 Å². The zero-order valence-electron chi connectivity index (χ0n) is 45.4. The molecule has 5 nitrogen and oxygen atoms in total. The number of rotatable bonds is 54. The first-order chi connectivity index (χ1) is 33.6. The Labute approximate surface area is 423 Å². The minimum atomic E-state index is -0.550. The van der Waals surface area contributed by atoms with E-state index in [9.17, 15) is 9.59 Å². The van der Waals surface area contributed by atoms with Crippen molar-refractivity contribution < 1.29 is 23.8 Å². The Kier molecular flexibility index (Phi) is 56.4. The van der Waals surface area contributed by atoms with Gasteiger partial charge in [0.25, 0.3) is 0 Å². The van der Waals surface area contributed by atoms with Crippen molar-refractivity contribution in [1.82, 2.24) is 0 Å². The maximum atomic E-state index is 12.8. The van der Waals surface area contributed by atoms with Crippen LogP contribution in [0.2, 0.25) is 0 Å². The summed E-state index contributed by atoms with van der Waals surface area (Å²) in [6.07, 6.45) is 76.3. The molecule has 0 amide bonds. The highest BCUT2D eigenvalue weighted by atomic mass is 16.6. The minimum absolute atomic E-state index is 0.0748. The normalized spacial score (nSPS) is 12.7. The van der Waals surface area contributed by atoms with Crippen molar-refractivity contribution in [3.8, 4) is 0 Å². The van der Waals surface area contributed by atoms with E-state index in [4.69, 9.17) is 14.2 Å². The van der Waals surface area contributed by atoms with Gasteiger partial charge in [-0.15, -0.1) is 0 Å². The Bertz CT molecular complexity index is 1210. The summed E-state index contributed by atoms with van der Waals surface area (Å²) in [5.74, 6) is -0.410. The molecular formula is C63H112O5. The Morgan fingerprint density at radius 1 is 0.324 bits per heavy atom. The van der Waals surface area contributed by atoms with Crippen LogP contribution in [0.25, 0.3) is 0 Å². The average Bonchev–Trinajstić information content (AvgIpc) is 3.34. The van der Waals surface area contributed by atoms with Crippen LogP contribution in [0.5, 0.6) is 0 Å². The standard InChI is InChI=1S/C63H112O5/c1-4-7-10-13-16-19-22-25-27-29-31-33-35-37-40-43-46-49-52-55-58-66-59-61(68-63(65)57-54-51-48-45-42-38-24-21-18-15-12-9-6-3)60-67-62(64)56-53-50-47-44-41-39-36-34-32-30-28-26-23-20-17-14-11-8-5-2/h16-17,19-21,24-28,31,33,61H,4-15,18,22-23,29-30,32,34-60H2,1-3H3/b19-16-,20-17-,24-21-,27-25-,28-26-,33-31-. The number of allylic oxidation sites excluding steroid dienone is 12. The molecule has 0 bridgehead atoms. The fourth-order valence-corrected chi connectivity index (χ4v) is 8.25. The second-order valence-corrected chi connectivity index (χ2v) is 19.5. The van der Waals surface area contributed by atoms with Crippen LogP contribution in [0.1, 0.15) is 290 Å². The molecule has 0 aromatic carbocycles. The van der Waals surface area contributed by atoms with E-state index in [1.165, 1.54) is 186 Å². The Morgan fingerprint density at radius 3 is 1.03 bits per heavy atom. The van der Waals surface area contributed by atoms with E-state index >= 15 is 0 Å². The lowest BCUT2D eigenvalue weighted by atomic mass is 10.1. The van der Waals surface area contributed by atoms with Gasteiger partial charge in [-0.25, -0.2) is 0 Å². The van der Waals surface area contributed by atoms with E-state index in [1.807, 2.05) is 0 Å². The second-order valence-electron chi connectivity index (χ2n) is 19.5. The highest BCUT2D eigenvalue weighted by molar-refractivity contribution is 5.70. The first-order valence-electron chi connectivity index (χ1n) is 29.5. The van der Waals surface area contributed by atoms with Crippen molar-refractivity contribution in [2.45, 2.75) is 297 Å². The number of unbranched alkanes of at least 4 members (excludes halogenated alkanes) is 31. The maximum Gasteiger partial charge on any atom is 0.306 e. The quantitative estimate of drug-likeness (QED) is 0.0345. The lowest BCUT2D eigenvalue weighted by molar-refractivity contribution is -0.163. The summed E-state index contributed by atoms with van der Waals surface area (Å²) in [4.78, 5) is 25.5. The second kappa shape index (κ2) is 58.7. The van der Waals surface area contributed by atoms with Gasteiger partial charge in [-0.3, -0.25) is 9.59 Å². The van der Waals surface area contributed by atoms with Gasteiger partial charge in [-0.05, 0) is 116 Å². The van der Waals surface area contributed by atoms with Gasteiger partial charge >= 0.3 is 11.9 Å². The molecule has 0 spiro atoms. The Hall–Kier alpha value is -2.66. The van der Waals surface area contributed by atoms with E-state index in [0.717, 1.165) is 70.6 Å². The molecule has 0 aliphatic heterocycles. The Balaban J connectivity index is 4.27. The minimum Gasteiger partial charge on any atom is -0.462 e. The molecule has 0 saturated carbocycles. The first kappa shape index (κ1) is 65.3. The predicted molar refractivity (Wildman–Crippen MR) is 297 cm³/mol. The molecule has 1 unspecified atom stereocenters. The monoisotopic (exact) mass is 949 g/mol. The SMILES string of the molecule is CCCCC/C=C\C/C=C\C/C=C\CCCCCCCCCOCC(COC(=O)CCCCCCCCCCC/C=C\C/C=C\CCCCC)OC(=O)CCCCCCC/C=C\CCCCCC. The third-order valence-electron chi connectivity index (χ3n) is 12.7. The number of carbonyl (C=O) groups is 2. The molecule has 0 aliphatic carbocycles. The third-order valence-corrected chi connectivity index (χ3v) is 12.7. The Morgan fingerprint density at radius 2 is 0.618 bits per heavy atom. The van der Waals surface area contributed by atoms with Crippen LogP contribution in [0.15, 0.2) is 72.9 Å². The van der Waals surface area contributed by atoms with Crippen LogP contribution in [-0.2, 0) is 23.8 Å². The van der Waals surface area contributed by atoms with Crippen molar-refractivity contribution >= 4 is 11.9 Å². The molecule has 0 heterocycles. The summed E-state index contributed by atoms with van der Waals surface area (Å²) in [5.41, 5.74) is 0. The van der Waals surface area contributed by atoms with Crippen LogP contribution in [0.4, 0.5) is 0 Å². The summed E-state index contributed by atoms with van der Waals surface area (Å²) in [6, 6.07) is 0. The molecule has 0 saturated heterocycles. The first-order valence-corrected chi connectivity index (χ1v) is 29.5. The fourth-order valence-electron chi connectivity index (χ4n) is 8.25. The van der Waals surface area contributed by atoms with Crippen LogP contribution in [-0.4, -0.2) is 37.9 Å². The molecule has 0 aromatic heterocycles. The van der Waals surface area contributed by atoms with E-state index in [0.29, 0.717) is 19.4 Å². The van der Waals surface area contributed by atoms with Crippen molar-refractivity contribution in [2.75, 3.05) is 19.8 Å². The van der Waals surface area contributed by atoms with Crippen LogP contribution in [0.3, 0.4) is 0 Å². The maximum absolute atomic E-state index is 12.8. The summed E-state index contributed by atoms with van der Waals surface area (Å²) in [6.45, 7) is 7.76. The zero-order valence-corrected chi connectivity index (χ0v) is 45.4. The number of carbonyl (C=O) groups excluding carboxylic acids is 2. The summed E-state index contributed by atoms with van der Waals surface area (Å²) < 4.78 is 17.5. The number of ether oxygens (including phenoxy) is 3. The van der Waals surface area contributed by atoms with Crippen molar-refractivity contribution in [3.63, 3.8) is 0 Å². The van der Waals surface area contributed by atoms with E-state index < -0.39 is 6.10 Å². The number of esters is 2. The highest BCUT2D eigenvalue weighted by Crippen LogP contribution is 2.15. The summed E-state index contributed by atoms with van der Waals surface area (Å²) in [5, 5.41) is 0. The zero-order chi connectivity index (χ0) is 49.2. The van der Waals surface area contributed by atoms with Gasteiger partial charge < -0.3 is 14.2 Å². The molecule has 1 atom stereocenters. The van der Waals surface area contributed by atoms with Gasteiger partial charge in [0.1, 0.15) is 6.61 Å². The van der Waals surface area contributed by atoms with Crippen molar-refractivity contribution in [2.24, 2.45) is 0 Å². The lowest BCUT2D eigenvalue weighted by Gasteiger charge is -2.18. The molecule has 68 heavy (non-hydrogen) atoms. The van der Waals surface area contributed by atoms with Gasteiger partial charge in [-0.1, -0.05) is 235 Å². The summed E-state index contributed by atoms with van der Waals surface area (Å²) >= 11 is 0. The molecule has 394 valence electrons. The molecule has 0 aliphatic rings. The van der Waals surface area contributed by atoms with Crippen molar-refractivity contribution in [3.05, 3.63) is 72.9 Å². The molecule has 0 fully saturated rings. The molecule has 0 radical (unpaired) electrons. The van der Waals surface area contributed by atoms with Crippen molar-refractivity contribution in [1.29, 1.82) is 0 Å². The molecule has 0 rings (SSSR count). The number of hydrogen-bond donors (Lipinski definition) is 0. The van der Waals surface area contributed by atoms with Gasteiger partial charge in [0, 0.05) is 19.4 Å². The van der Waals surface area contributed by atoms with Crippen LogP contribution < -0.4 is 0 Å². The highest BCUT2D eigenvalue weighted by Gasteiger charge is 2.17. The molecule has 0 N–H and O–H groups in total. The smallest absolute Gasteiger partial charge is 0.306 e. The van der Waals surface area contributed by atoms with Crippen LogP contribution in [0, 0.1) is 0 Å². The average molecular weight is 950 g/mol. The van der Waals surface area contributed by atoms with Gasteiger partial charge in [-0.2, -0.15) is 0 Å². The molecule has 5 heteroatoms. The van der Waals surface area contributed by atoms with Gasteiger partial charge in [0.15, 0.2) is 6.10 Å². The lowest BCUT2D eigenvalue weighted by Crippen LogP contribution is -2.30. The van der Waals surface area contributed by atoms with Gasteiger partial charge in [0.2, 0.25) is 0 Å². The number of hydrogen-bond acceptors (Lipinski definition) is 5. The van der Waals surface area contributed by atoms with Crippen LogP contribution >= 0.6 is 0 Å². The van der Waals surface area contributed by atoms with Gasteiger partial charge in [0.05, 0.1) is 6.61 Å². The largest absolute Gasteiger partial charge is 0.462 e. The summed E-state index contributed by atoms with van der Waals surface area (Å²) in [7, 11) is 0. The molecular weight excluding hydrogens is 837 g/mol. The predicted octanol–water partition coefficient (Wildman–Crippen LogP) is 20.2. The third kappa shape index (κ3) is 55.9. The van der Waals surface area contributed by atoms with E-state index in [-0.39, 0.29) is 25.2 Å². The molecule has 0 aromatic rings.